The van der Waals surface area contributed by atoms with Crippen molar-refractivity contribution < 1.29 is 0 Å². The molecule has 2 aromatic rings. The predicted octanol–water partition coefficient (Wildman–Crippen LogP) is 2.62. The normalized spacial score (nSPS) is 10.7. The summed E-state index contributed by atoms with van der Waals surface area (Å²) >= 11 is 1.62. The van der Waals surface area contributed by atoms with Crippen LogP contribution in [0.25, 0.3) is 11.3 Å². The average molecular weight is 233 g/mol. The maximum Gasteiger partial charge on any atom is 0.0951 e. The summed E-state index contributed by atoms with van der Waals surface area (Å²) in [6.45, 7) is 2.11. The molecule has 0 saturated heterocycles. The van der Waals surface area contributed by atoms with E-state index in [1.165, 1.54) is 16.0 Å². The number of aromatic nitrogens is 2. The average Bonchev–Trinajstić information content (AvgIpc) is 2.68. The Morgan fingerprint density at radius 2 is 2.19 bits per heavy atom. The Balaban J connectivity index is 2.42. The summed E-state index contributed by atoms with van der Waals surface area (Å²) in [5.41, 5.74) is 3.47. The molecule has 0 saturated carbocycles. The van der Waals surface area contributed by atoms with Crippen molar-refractivity contribution >= 4 is 11.9 Å². The van der Waals surface area contributed by atoms with E-state index >= 15 is 0 Å². The van der Waals surface area contributed by atoms with Crippen molar-refractivity contribution in [2.24, 2.45) is 7.05 Å². The number of aryl methyl sites for hydroxylation is 2. The maximum atomic E-state index is 4.38. The van der Waals surface area contributed by atoms with Crippen LogP contribution in [-0.4, -0.2) is 16.6 Å². The van der Waals surface area contributed by atoms with Gasteiger partial charge in [-0.25, -0.2) is 4.98 Å². The van der Waals surface area contributed by atoms with Gasteiger partial charge in [0.2, 0.25) is 0 Å². The van der Waals surface area contributed by atoms with Gasteiger partial charge in [0, 0.05) is 23.7 Å². The highest BCUT2D eigenvalue weighted by Gasteiger charge is 2.06. The van der Waals surface area contributed by atoms with Gasteiger partial charge in [-0.05, 0) is 43.6 Å². The lowest BCUT2D eigenvalue weighted by Gasteiger charge is -2.05. The fraction of sp³-hybridized carbons (Fsp3) is 0.250. The third-order valence-electron chi connectivity index (χ3n) is 2.41. The second-order valence-corrected chi connectivity index (χ2v) is 4.79. The minimum Gasteiger partial charge on any atom is -0.340 e. The van der Waals surface area contributed by atoms with Gasteiger partial charge in [-0.2, -0.15) is 0 Å². The zero-order chi connectivity index (χ0) is 11.5. The van der Waals surface area contributed by atoms with E-state index in [9.17, 15) is 0 Å². The molecule has 0 amide bonds. The van der Waals surface area contributed by atoms with Crippen molar-refractivity contribution in [2.75, 3.05) is 7.05 Å². The third-order valence-corrected chi connectivity index (χ3v) is 3.10. The minimum atomic E-state index is 1.03. The molecule has 84 valence electrons. The van der Waals surface area contributed by atoms with Crippen LogP contribution in [0.4, 0.5) is 0 Å². The van der Waals surface area contributed by atoms with Gasteiger partial charge in [0.25, 0.3) is 0 Å². The van der Waals surface area contributed by atoms with E-state index < -0.39 is 0 Å². The van der Waals surface area contributed by atoms with E-state index in [0.29, 0.717) is 0 Å². The molecule has 2 rings (SSSR count). The number of benzene rings is 1. The van der Waals surface area contributed by atoms with Gasteiger partial charge in [-0.3, -0.25) is 4.72 Å². The predicted molar refractivity (Wildman–Crippen MR) is 68.3 cm³/mol. The van der Waals surface area contributed by atoms with Crippen LogP contribution in [0.3, 0.4) is 0 Å². The van der Waals surface area contributed by atoms with Crippen molar-refractivity contribution in [2.45, 2.75) is 11.8 Å². The highest BCUT2D eigenvalue weighted by Crippen LogP contribution is 2.26. The van der Waals surface area contributed by atoms with Crippen LogP contribution >= 0.6 is 11.9 Å². The molecule has 0 bridgehead atoms. The van der Waals surface area contributed by atoms with E-state index in [-0.39, 0.29) is 0 Å². The Hall–Kier alpha value is -1.26. The van der Waals surface area contributed by atoms with Crippen molar-refractivity contribution in [3.8, 4) is 11.3 Å². The van der Waals surface area contributed by atoms with Crippen LogP contribution in [0.2, 0.25) is 0 Å². The number of hydrogen-bond donors (Lipinski definition) is 1. The SMILES string of the molecule is CNSc1ccc(C)c(-c2cn(C)cn2)c1. The molecule has 3 nitrogen and oxygen atoms in total. The molecule has 4 heteroatoms. The van der Waals surface area contributed by atoms with Gasteiger partial charge < -0.3 is 4.57 Å². The lowest BCUT2D eigenvalue weighted by atomic mass is 10.1. The lowest BCUT2D eigenvalue weighted by Crippen LogP contribution is -1.92. The van der Waals surface area contributed by atoms with E-state index in [1.54, 1.807) is 11.9 Å². The number of imidazole rings is 1. The van der Waals surface area contributed by atoms with Gasteiger partial charge in [0.05, 0.1) is 12.0 Å². The Morgan fingerprint density at radius 1 is 1.38 bits per heavy atom. The Kier molecular flexibility index (Phi) is 3.31. The maximum absolute atomic E-state index is 4.38. The summed E-state index contributed by atoms with van der Waals surface area (Å²) in [6.07, 6.45) is 3.86. The summed E-state index contributed by atoms with van der Waals surface area (Å²) in [6, 6.07) is 6.41. The first-order chi connectivity index (χ1) is 7.70. The van der Waals surface area contributed by atoms with Crippen LogP contribution in [0.1, 0.15) is 5.56 Å². The zero-order valence-electron chi connectivity index (χ0n) is 9.69. The van der Waals surface area contributed by atoms with Gasteiger partial charge >= 0.3 is 0 Å². The van der Waals surface area contributed by atoms with E-state index in [1.807, 2.05) is 31.2 Å². The van der Waals surface area contributed by atoms with Crippen LogP contribution in [0.15, 0.2) is 35.6 Å². The Bertz CT molecular complexity index is 491. The topological polar surface area (TPSA) is 29.9 Å². The number of hydrogen-bond acceptors (Lipinski definition) is 3. The first-order valence-corrected chi connectivity index (χ1v) is 5.95. The molecule has 0 spiro atoms. The quantitative estimate of drug-likeness (QED) is 0.826. The first kappa shape index (κ1) is 11.2. The third kappa shape index (κ3) is 2.28. The second-order valence-electron chi connectivity index (χ2n) is 3.71. The molecule has 0 aliphatic rings. The fourth-order valence-corrected chi connectivity index (χ4v) is 2.16. The molecule has 0 radical (unpaired) electrons. The van der Waals surface area contributed by atoms with Gasteiger partial charge in [-0.15, -0.1) is 0 Å². The molecular formula is C12H15N3S. The molecule has 0 unspecified atom stereocenters. The molecule has 0 aliphatic heterocycles. The number of nitrogens with zero attached hydrogens (tertiary/aromatic N) is 2. The standard InChI is InChI=1S/C12H15N3S/c1-9-4-5-10(16-13-2)6-11(9)12-7-15(3)8-14-12/h4-8,13H,1-3H3. The van der Waals surface area contributed by atoms with Crippen LogP contribution in [-0.2, 0) is 7.05 Å². The summed E-state index contributed by atoms with van der Waals surface area (Å²) < 4.78 is 5.04. The van der Waals surface area contributed by atoms with Crippen molar-refractivity contribution in [1.82, 2.24) is 14.3 Å². The second kappa shape index (κ2) is 4.72. The van der Waals surface area contributed by atoms with E-state index in [0.717, 1.165) is 5.69 Å². The van der Waals surface area contributed by atoms with E-state index in [2.05, 4.69) is 34.8 Å². The molecule has 1 heterocycles. The molecule has 1 N–H and O–H groups in total. The summed E-state index contributed by atoms with van der Waals surface area (Å²) in [5.74, 6) is 0. The Labute approximate surface area is 100 Å². The highest BCUT2D eigenvalue weighted by molar-refractivity contribution is 7.97. The summed E-state index contributed by atoms with van der Waals surface area (Å²) in [5, 5.41) is 0. The van der Waals surface area contributed by atoms with E-state index in [4.69, 9.17) is 0 Å². The fourth-order valence-electron chi connectivity index (χ4n) is 1.61. The first-order valence-electron chi connectivity index (χ1n) is 5.13. The van der Waals surface area contributed by atoms with Crippen molar-refractivity contribution in [1.29, 1.82) is 0 Å². The zero-order valence-corrected chi connectivity index (χ0v) is 10.5. The molecule has 0 aliphatic carbocycles. The van der Waals surface area contributed by atoms with Crippen LogP contribution in [0.5, 0.6) is 0 Å². The van der Waals surface area contributed by atoms with Crippen LogP contribution < -0.4 is 4.72 Å². The lowest BCUT2D eigenvalue weighted by molar-refractivity contribution is 0.913. The van der Waals surface area contributed by atoms with Crippen molar-refractivity contribution in [3.05, 3.63) is 36.3 Å². The number of rotatable bonds is 3. The minimum absolute atomic E-state index is 1.03. The summed E-state index contributed by atoms with van der Waals surface area (Å²) in [4.78, 5) is 5.58. The molecule has 16 heavy (non-hydrogen) atoms. The molecule has 0 atom stereocenters. The Morgan fingerprint density at radius 3 is 2.81 bits per heavy atom. The number of nitrogens with one attached hydrogen (secondary N) is 1. The smallest absolute Gasteiger partial charge is 0.0951 e. The van der Waals surface area contributed by atoms with Gasteiger partial charge in [0.15, 0.2) is 0 Å². The summed E-state index contributed by atoms with van der Waals surface area (Å²) in [7, 11) is 3.91. The van der Waals surface area contributed by atoms with Crippen LogP contribution in [0, 0.1) is 6.92 Å². The van der Waals surface area contributed by atoms with Crippen molar-refractivity contribution in [3.63, 3.8) is 0 Å². The van der Waals surface area contributed by atoms with Gasteiger partial charge in [-0.1, -0.05) is 6.07 Å². The monoisotopic (exact) mass is 233 g/mol. The highest BCUT2D eigenvalue weighted by atomic mass is 32.2. The largest absolute Gasteiger partial charge is 0.340 e. The molecule has 1 aromatic carbocycles. The molecule has 0 fully saturated rings. The molecular weight excluding hydrogens is 218 g/mol. The molecule has 1 aromatic heterocycles. The van der Waals surface area contributed by atoms with Gasteiger partial charge in [0.1, 0.15) is 0 Å².